The first-order valence-electron chi connectivity index (χ1n) is 10.6. The molecule has 0 aliphatic heterocycles. The van der Waals surface area contributed by atoms with Crippen LogP contribution in [0.15, 0.2) is 71.8 Å². The maximum atomic E-state index is 13.0. The number of thiophene rings is 1. The highest BCUT2D eigenvalue weighted by atomic mass is 32.1. The number of carbonyl (C=O) groups is 1. The number of fused-ring (bicyclic) bond motifs is 1. The average Bonchev–Trinajstić information content (AvgIpc) is 3.19. The lowest BCUT2D eigenvalue weighted by molar-refractivity contribution is 0.0455. The first-order valence-corrected chi connectivity index (χ1v) is 11.5. The van der Waals surface area contributed by atoms with E-state index in [2.05, 4.69) is 4.98 Å². The second-order valence-electron chi connectivity index (χ2n) is 7.29. The summed E-state index contributed by atoms with van der Waals surface area (Å²) in [5, 5.41) is 0.457. The molecular weight excluding hydrogens is 440 g/mol. The summed E-state index contributed by atoms with van der Waals surface area (Å²) in [6.45, 7) is 3.07. The van der Waals surface area contributed by atoms with Gasteiger partial charge in [0.2, 0.25) is 0 Å². The van der Waals surface area contributed by atoms with Crippen LogP contribution >= 0.6 is 11.3 Å². The van der Waals surface area contributed by atoms with Crippen molar-refractivity contribution in [2.75, 3.05) is 19.8 Å². The Labute approximate surface area is 195 Å². The second-order valence-corrected chi connectivity index (χ2v) is 8.29. The molecule has 0 aliphatic rings. The number of nitrogens with zero attached hydrogens (tertiary/aromatic N) is 2. The van der Waals surface area contributed by atoms with E-state index < -0.39 is 5.97 Å². The van der Waals surface area contributed by atoms with E-state index >= 15 is 0 Å². The van der Waals surface area contributed by atoms with Crippen molar-refractivity contribution >= 4 is 27.5 Å². The number of ether oxygens (including phenoxy) is 3. The van der Waals surface area contributed by atoms with Crippen molar-refractivity contribution in [2.45, 2.75) is 19.9 Å². The van der Waals surface area contributed by atoms with Crippen LogP contribution < -0.4 is 15.0 Å². The van der Waals surface area contributed by atoms with Gasteiger partial charge in [-0.25, -0.2) is 9.78 Å². The van der Waals surface area contributed by atoms with E-state index in [9.17, 15) is 9.59 Å². The predicted molar refractivity (Wildman–Crippen MR) is 127 cm³/mol. The summed E-state index contributed by atoms with van der Waals surface area (Å²) in [7, 11) is 0. The van der Waals surface area contributed by atoms with Gasteiger partial charge in [0.15, 0.2) is 0 Å². The van der Waals surface area contributed by atoms with E-state index in [1.165, 1.54) is 17.7 Å². The van der Waals surface area contributed by atoms with E-state index in [4.69, 9.17) is 14.2 Å². The fraction of sp³-hybridized carbons (Fsp3) is 0.240. The number of esters is 1. The molecule has 33 heavy (non-hydrogen) atoms. The fourth-order valence-electron chi connectivity index (χ4n) is 3.33. The summed E-state index contributed by atoms with van der Waals surface area (Å²) in [5.41, 5.74) is 0.427. The van der Waals surface area contributed by atoms with Gasteiger partial charge in [-0.2, -0.15) is 0 Å². The van der Waals surface area contributed by atoms with Gasteiger partial charge in [0.1, 0.15) is 34.4 Å². The van der Waals surface area contributed by atoms with Gasteiger partial charge in [-0.1, -0.05) is 36.4 Å². The van der Waals surface area contributed by atoms with Crippen molar-refractivity contribution in [3.8, 4) is 11.5 Å². The quantitative estimate of drug-likeness (QED) is 0.254. The normalized spacial score (nSPS) is 10.8. The summed E-state index contributed by atoms with van der Waals surface area (Å²) in [6, 6.07) is 18.9. The Kier molecular flexibility index (Phi) is 7.36. The van der Waals surface area contributed by atoms with Gasteiger partial charge in [-0.3, -0.25) is 9.36 Å². The first-order chi connectivity index (χ1) is 16.1. The van der Waals surface area contributed by atoms with Crippen LogP contribution in [-0.4, -0.2) is 35.3 Å². The maximum absolute atomic E-state index is 13.0. The Hall–Kier alpha value is -3.65. The number of rotatable bonds is 10. The number of carbonyl (C=O) groups excluding carboxylic acids is 1. The van der Waals surface area contributed by atoms with Gasteiger partial charge in [0, 0.05) is 6.54 Å². The SMILES string of the molecule is Cc1c(C(=O)OCCOc2ccccc2)sc2ncn(CCCOc3ccccc3)c(=O)c12. The molecule has 2 aromatic heterocycles. The van der Waals surface area contributed by atoms with Crippen molar-refractivity contribution in [3.63, 3.8) is 0 Å². The first kappa shape index (κ1) is 22.5. The molecule has 0 amide bonds. The molecular formula is C25H24N2O5S. The predicted octanol–water partition coefficient (Wildman–Crippen LogP) is 4.47. The number of para-hydroxylation sites is 2. The van der Waals surface area contributed by atoms with Crippen LogP contribution in [-0.2, 0) is 11.3 Å². The Morgan fingerprint density at radius 3 is 2.24 bits per heavy atom. The van der Waals surface area contributed by atoms with Gasteiger partial charge in [0.25, 0.3) is 5.56 Å². The van der Waals surface area contributed by atoms with Crippen LogP contribution in [0.1, 0.15) is 21.7 Å². The van der Waals surface area contributed by atoms with Crippen molar-refractivity contribution in [2.24, 2.45) is 0 Å². The molecule has 170 valence electrons. The summed E-state index contributed by atoms with van der Waals surface area (Å²) in [4.78, 5) is 30.9. The number of benzene rings is 2. The minimum Gasteiger partial charge on any atom is -0.494 e. The largest absolute Gasteiger partial charge is 0.494 e. The van der Waals surface area contributed by atoms with Crippen LogP contribution in [0.3, 0.4) is 0 Å². The van der Waals surface area contributed by atoms with Crippen LogP contribution in [0.2, 0.25) is 0 Å². The standard InChI is InChI=1S/C25H24N2O5S/c1-18-21-23(33-22(18)25(29)32-16-15-31-20-11-6-3-7-12-20)26-17-27(24(21)28)13-8-14-30-19-9-4-2-5-10-19/h2-7,9-12,17H,8,13-16H2,1H3. The summed E-state index contributed by atoms with van der Waals surface area (Å²) < 4.78 is 18.1. The van der Waals surface area contributed by atoms with Crippen molar-refractivity contribution in [3.05, 3.63) is 87.8 Å². The summed E-state index contributed by atoms with van der Waals surface area (Å²) >= 11 is 1.17. The van der Waals surface area contributed by atoms with Crippen molar-refractivity contribution < 1.29 is 19.0 Å². The molecule has 4 aromatic rings. The molecule has 0 N–H and O–H groups in total. The monoisotopic (exact) mass is 464 g/mol. The Morgan fingerprint density at radius 1 is 0.939 bits per heavy atom. The minimum atomic E-state index is -0.477. The lowest BCUT2D eigenvalue weighted by Crippen LogP contribution is -2.21. The van der Waals surface area contributed by atoms with Crippen LogP contribution in [0.5, 0.6) is 11.5 Å². The van der Waals surface area contributed by atoms with Gasteiger partial charge in [-0.15, -0.1) is 11.3 Å². The molecule has 2 heterocycles. The molecule has 4 rings (SSSR count). The molecule has 8 heteroatoms. The third-order valence-electron chi connectivity index (χ3n) is 4.99. The summed E-state index contributed by atoms with van der Waals surface area (Å²) in [5.74, 6) is 1.03. The van der Waals surface area contributed by atoms with Gasteiger partial charge < -0.3 is 14.2 Å². The minimum absolute atomic E-state index is 0.112. The van der Waals surface area contributed by atoms with Gasteiger partial charge >= 0.3 is 5.97 Å². The topological polar surface area (TPSA) is 79.7 Å². The lowest BCUT2D eigenvalue weighted by atomic mass is 10.2. The lowest BCUT2D eigenvalue weighted by Gasteiger charge is -2.08. The highest BCUT2D eigenvalue weighted by Crippen LogP contribution is 2.27. The molecule has 0 saturated carbocycles. The molecule has 0 unspecified atom stereocenters. The maximum Gasteiger partial charge on any atom is 0.348 e. The van der Waals surface area contributed by atoms with Crippen LogP contribution in [0.25, 0.3) is 10.2 Å². The molecule has 2 aromatic carbocycles. The van der Waals surface area contributed by atoms with Crippen molar-refractivity contribution in [1.82, 2.24) is 9.55 Å². The smallest absolute Gasteiger partial charge is 0.348 e. The van der Waals surface area contributed by atoms with Crippen molar-refractivity contribution in [1.29, 1.82) is 0 Å². The molecule has 0 aliphatic carbocycles. The molecule has 0 radical (unpaired) electrons. The second kappa shape index (κ2) is 10.8. The Balaban J connectivity index is 1.35. The van der Waals surface area contributed by atoms with Gasteiger partial charge in [0.05, 0.1) is 18.3 Å². The zero-order valence-electron chi connectivity index (χ0n) is 18.2. The van der Waals surface area contributed by atoms with E-state index in [0.717, 1.165) is 5.75 Å². The van der Waals surface area contributed by atoms with E-state index in [1.54, 1.807) is 11.5 Å². The third kappa shape index (κ3) is 5.59. The number of hydrogen-bond donors (Lipinski definition) is 0. The highest BCUT2D eigenvalue weighted by molar-refractivity contribution is 7.20. The number of hydrogen-bond acceptors (Lipinski definition) is 7. The van der Waals surface area contributed by atoms with Gasteiger partial charge in [-0.05, 0) is 43.2 Å². The number of aromatic nitrogens is 2. The summed E-state index contributed by atoms with van der Waals surface area (Å²) in [6.07, 6.45) is 2.17. The number of aryl methyl sites for hydroxylation is 2. The molecule has 0 atom stereocenters. The fourth-order valence-corrected chi connectivity index (χ4v) is 4.36. The molecule has 7 nitrogen and oxygen atoms in total. The van der Waals surface area contributed by atoms with E-state index in [-0.39, 0.29) is 18.8 Å². The third-order valence-corrected chi connectivity index (χ3v) is 6.17. The Bertz CT molecular complexity index is 1270. The molecule has 0 spiro atoms. The zero-order chi connectivity index (χ0) is 23.0. The molecule has 0 fully saturated rings. The Morgan fingerprint density at radius 2 is 1.58 bits per heavy atom. The zero-order valence-corrected chi connectivity index (χ0v) is 19.0. The molecule has 0 saturated heterocycles. The van der Waals surface area contributed by atoms with E-state index in [1.807, 2.05) is 60.7 Å². The average molecular weight is 465 g/mol. The van der Waals surface area contributed by atoms with E-state index in [0.29, 0.717) is 46.0 Å². The van der Waals surface area contributed by atoms with Crippen LogP contribution in [0, 0.1) is 6.92 Å². The molecule has 0 bridgehead atoms. The highest BCUT2D eigenvalue weighted by Gasteiger charge is 2.20. The van der Waals surface area contributed by atoms with Crippen LogP contribution in [0.4, 0.5) is 0 Å².